The summed E-state index contributed by atoms with van der Waals surface area (Å²) in [6.07, 6.45) is 0. The molecule has 2 aromatic rings. The average molecular weight is 332 g/mol. The van der Waals surface area contributed by atoms with Gasteiger partial charge in [0.15, 0.2) is 0 Å². The number of amides is 1. The number of hydrogen-bond donors (Lipinski definition) is 3. The summed E-state index contributed by atoms with van der Waals surface area (Å²) in [6, 6.07) is 4.66. The molecule has 1 heterocycles. The summed E-state index contributed by atoms with van der Waals surface area (Å²) in [5, 5.41) is 0.706. The van der Waals surface area contributed by atoms with Crippen LogP contribution in [0.5, 0.6) is 0 Å². The number of benzene rings is 1. The highest BCUT2D eigenvalue weighted by Crippen LogP contribution is 2.29. The number of sulfonamides is 1. The molecule has 21 heavy (non-hydrogen) atoms. The van der Waals surface area contributed by atoms with Gasteiger partial charge >= 0.3 is 0 Å². The molecule has 0 bridgehead atoms. The number of hydrogen-bond acceptors (Lipinski definition) is 3. The monoisotopic (exact) mass is 331 g/mol. The van der Waals surface area contributed by atoms with E-state index < -0.39 is 15.9 Å². The van der Waals surface area contributed by atoms with Gasteiger partial charge in [0.05, 0.1) is 0 Å². The van der Waals surface area contributed by atoms with Crippen LogP contribution in [-0.2, 0) is 10.0 Å². The van der Waals surface area contributed by atoms with Crippen LogP contribution in [0.25, 0.3) is 10.9 Å². The van der Waals surface area contributed by atoms with E-state index in [1.54, 1.807) is 19.1 Å². The molecule has 1 aromatic carbocycles. The third-order valence-electron chi connectivity index (χ3n) is 2.56. The molecule has 4 N–H and O–H groups in total. The number of rotatable bonds is 4. The van der Waals surface area contributed by atoms with Crippen molar-refractivity contribution in [1.82, 2.24) is 9.71 Å². The quantitative estimate of drug-likeness (QED) is 0.800. The minimum atomic E-state index is -3.83. The second kappa shape index (κ2) is 6.93. The topological polar surface area (TPSA) is 105 Å². The Kier molecular flexibility index (Phi) is 5.77. The van der Waals surface area contributed by atoms with Gasteiger partial charge in [0.25, 0.3) is 5.91 Å². The highest BCUT2D eigenvalue weighted by atomic mass is 35.5. The molecule has 0 aliphatic carbocycles. The van der Waals surface area contributed by atoms with Gasteiger partial charge in [-0.25, -0.2) is 13.1 Å². The molecule has 0 saturated carbocycles. The van der Waals surface area contributed by atoms with Crippen molar-refractivity contribution in [1.29, 1.82) is 0 Å². The number of nitrogens with two attached hydrogens (primary N) is 1. The number of aromatic amines is 1. The third kappa shape index (κ3) is 3.55. The van der Waals surface area contributed by atoms with E-state index in [1.807, 2.05) is 13.8 Å². The summed E-state index contributed by atoms with van der Waals surface area (Å²) in [5.74, 6) is -0.844. The summed E-state index contributed by atoms with van der Waals surface area (Å²) >= 11 is 5.86. The molecule has 0 aliphatic heterocycles. The van der Waals surface area contributed by atoms with E-state index >= 15 is 0 Å². The summed E-state index contributed by atoms with van der Waals surface area (Å²) in [4.78, 5) is 13.9. The molecule has 0 aliphatic rings. The maximum atomic E-state index is 12.2. The van der Waals surface area contributed by atoms with Crippen molar-refractivity contribution in [3.63, 3.8) is 0 Å². The SMILES string of the molecule is CC.CCNS(=O)(=O)c1c(C(N)=O)[nH]c2ccc(Cl)cc12. The van der Waals surface area contributed by atoms with Crippen LogP contribution in [0.2, 0.25) is 5.02 Å². The molecule has 6 nitrogen and oxygen atoms in total. The lowest BCUT2D eigenvalue weighted by atomic mass is 10.2. The minimum Gasteiger partial charge on any atom is -0.364 e. The van der Waals surface area contributed by atoms with Crippen LogP contribution < -0.4 is 10.5 Å². The van der Waals surface area contributed by atoms with Crippen molar-refractivity contribution < 1.29 is 13.2 Å². The molecule has 1 aromatic heterocycles. The smallest absolute Gasteiger partial charge is 0.266 e. The lowest BCUT2D eigenvalue weighted by molar-refractivity contribution is 0.0993. The number of primary amides is 1. The van der Waals surface area contributed by atoms with E-state index in [0.717, 1.165) is 0 Å². The van der Waals surface area contributed by atoms with Gasteiger partial charge < -0.3 is 10.7 Å². The molecule has 0 unspecified atom stereocenters. The molecule has 0 atom stereocenters. The largest absolute Gasteiger partial charge is 0.364 e. The zero-order chi connectivity index (χ0) is 16.2. The number of nitrogens with one attached hydrogen (secondary N) is 2. The van der Waals surface area contributed by atoms with Crippen molar-refractivity contribution in [3.8, 4) is 0 Å². The Morgan fingerprint density at radius 2 is 2.00 bits per heavy atom. The van der Waals surface area contributed by atoms with Crippen molar-refractivity contribution in [3.05, 3.63) is 28.9 Å². The fraction of sp³-hybridized carbons (Fsp3) is 0.308. The fourth-order valence-corrected chi connectivity index (χ4v) is 3.43. The molecule has 0 fully saturated rings. The van der Waals surface area contributed by atoms with Crippen molar-refractivity contribution in [2.24, 2.45) is 5.73 Å². The summed E-state index contributed by atoms with van der Waals surface area (Å²) in [5.41, 5.74) is 5.54. The molecule has 0 spiro atoms. The van der Waals surface area contributed by atoms with E-state index in [4.69, 9.17) is 17.3 Å². The fourth-order valence-electron chi connectivity index (χ4n) is 1.85. The zero-order valence-electron chi connectivity index (χ0n) is 12.0. The maximum Gasteiger partial charge on any atom is 0.266 e. The molecule has 0 radical (unpaired) electrons. The summed E-state index contributed by atoms with van der Waals surface area (Å²) < 4.78 is 26.7. The second-order valence-electron chi connectivity index (χ2n) is 3.88. The standard InChI is InChI=1S/C11H12ClN3O3S.C2H6/c1-2-14-19(17,18)10-7-5-6(12)3-4-8(7)15-9(10)11(13)16;1-2/h3-5,14-15H,2H2,1H3,(H2,13,16);1-2H3. The Bertz CT molecular complexity index is 753. The zero-order valence-corrected chi connectivity index (χ0v) is 13.6. The first-order valence-electron chi connectivity index (χ1n) is 6.47. The molecule has 2 rings (SSSR count). The Morgan fingerprint density at radius 1 is 1.38 bits per heavy atom. The molecular formula is C13H18ClN3O3S. The van der Waals surface area contributed by atoms with Crippen LogP contribution in [-0.4, -0.2) is 25.9 Å². The number of carbonyl (C=O) groups excluding carboxylic acids is 1. The van der Waals surface area contributed by atoms with Gasteiger partial charge in [-0.2, -0.15) is 0 Å². The van der Waals surface area contributed by atoms with Gasteiger partial charge in [-0.15, -0.1) is 0 Å². The lowest BCUT2D eigenvalue weighted by Gasteiger charge is -2.05. The van der Waals surface area contributed by atoms with Gasteiger partial charge in [0.1, 0.15) is 10.6 Å². The van der Waals surface area contributed by atoms with E-state index in [9.17, 15) is 13.2 Å². The highest BCUT2D eigenvalue weighted by Gasteiger charge is 2.26. The van der Waals surface area contributed by atoms with Gasteiger partial charge in [-0.05, 0) is 18.2 Å². The molecule has 116 valence electrons. The first-order valence-corrected chi connectivity index (χ1v) is 8.33. The number of carbonyl (C=O) groups is 1. The number of halogens is 1. The van der Waals surface area contributed by atoms with Crippen molar-refractivity contribution >= 4 is 38.4 Å². The van der Waals surface area contributed by atoms with E-state index in [1.165, 1.54) is 6.07 Å². The summed E-state index contributed by atoms with van der Waals surface area (Å²) in [7, 11) is -3.83. The Morgan fingerprint density at radius 3 is 2.52 bits per heavy atom. The Hall–Kier alpha value is -1.57. The van der Waals surface area contributed by atoms with Gasteiger partial charge in [0.2, 0.25) is 10.0 Å². The van der Waals surface area contributed by atoms with Gasteiger partial charge in [0, 0.05) is 22.5 Å². The number of aromatic nitrogens is 1. The van der Waals surface area contributed by atoms with Crippen LogP contribution in [0.15, 0.2) is 23.1 Å². The minimum absolute atomic E-state index is 0.154. The summed E-state index contributed by atoms with van der Waals surface area (Å²) in [6.45, 7) is 5.84. The average Bonchev–Trinajstić information content (AvgIpc) is 2.80. The molecule has 0 saturated heterocycles. The highest BCUT2D eigenvalue weighted by molar-refractivity contribution is 7.89. The molecule has 1 amide bonds. The maximum absolute atomic E-state index is 12.2. The van der Waals surface area contributed by atoms with Gasteiger partial charge in [-0.1, -0.05) is 32.4 Å². The Labute approximate surface area is 128 Å². The van der Waals surface area contributed by atoms with Crippen molar-refractivity contribution in [2.75, 3.05) is 6.54 Å². The van der Waals surface area contributed by atoms with Gasteiger partial charge in [-0.3, -0.25) is 4.79 Å². The van der Waals surface area contributed by atoms with Crippen LogP contribution >= 0.6 is 11.6 Å². The van der Waals surface area contributed by atoms with E-state index in [0.29, 0.717) is 15.9 Å². The first kappa shape index (κ1) is 17.5. The number of fused-ring (bicyclic) bond motifs is 1. The van der Waals surface area contributed by atoms with E-state index in [-0.39, 0.29) is 17.1 Å². The van der Waals surface area contributed by atoms with Crippen molar-refractivity contribution in [2.45, 2.75) is 25.7 Å². The van der Waals surface area contributed by atoms with Crippen LogP contribution in [0, 0.1) is 0 Å². The molecule has 8 heteroatoms. The van der Waals surface area contributed by atoms with Crippen LogP contribution in [0.1, 0.15) is 31.3 Å². The second-order valence-corrected chi connectivity index (χ2v) is 6.02. The lowest BCUT2D eigenvalue weighted by Crippen LogP contribution is -2.26. The van der Waals surface area contributed by atoms with Crippen LogP contribution in [0.3, 0.4) is 0 Å². The number of H-pyrrole nitrogens is 1. The normalized spacial score (nSPS) is 11.0. The van der Waals surface area contributed by atoms with E-state index in [2.05, 4.69) is 9.71 Å². The predicted molar refractivity (Wildman–Crippen MR) is 84.0 cm³/mol. The molecular weight excluding hydrogens is 314 g/mol. The Balaban J connectivity index is 0.00000106. The first-order chi connectivity index (χ1) is 9.86. The predicted octanol–water partition coefficient (Wildman–Crippen LogP) is 2.24. The van der Waals surface area contributed by atoms with Crippen LogP contribution in [0.4, 0.5) is 0 Å². The third-order valence-corrected chi connectivity index (χ3v) is 4.43.